The van der Waals surface area contributed by atoms with Gasteiger partial charge < -0.3 is 10.4 Å². The number of hydrogen-bond acceptors (Lipinski definition) is 5. The second-order valence-corrected chi connectivity index (χ2v) is 5.59. The molecule has 0 aliphatic carbocycles. The first-order valence-electron chi connectivity index (χ1n) is 7.23. The molecule has 1 atom stereocenters. The Morgan fingerprint density at radius 3 is 2.67 bits per heavy atom. The van der Waals surface area contributed by atoms with Crippen LogP contribution in [0.25, 0.3) is 11.5 Å². The third-order valence-corrected chi connectivity index (χ3v) is 3.08. The van der Waals surface area contributed by atoms with Crippen LogP contribution in [0.2, 0.25) is 0 Å². The summed E-state index contributed by atoms with van der Waals surface area (Å²) in [6.45, 7) is 6.28. The van der Waals surface area contributed by atoms with Gasteiger partial charge in [0, 0.05) is 18.0 Å². The molecule has 0 aliphatic heterocycles. The quantitative estimate of drug-likeness (QED) is 0.854. The number of anilines is 1. The zero-order valence-electron chi connectivity index (χ0n) is 12.7. The second kappa shape index (κ2) is 7.13. The van der Waals surface area contributed by atoms with Gasteiger partial charge >= 0.3 is 0 Å². The number of aromatic nitrogens is 3. The molecule has 0 aliphatic rings. The fourth-order valence-electron chi connectivity index (χ4n) is 2.21. The van der Waals surface area contributed by atoms with E-state index in [1.165, 1.54) is 0 Å². The zero-order valence-corrected chi connectivity index (χ0v) is 12.7. The van der Waals surface area contributed by atoms with Crippen molar-refractivity contribution in [1.82, 2.24) is 15.0 Å². The summed E-state index contributed by atoms with van der Waals surface area (Å²) in [6, 6.07) is 7.54. The summed E-state index contributed by atoms with van der Waals surface area (Å²) in [7, 11) is 0. The van der Waals surface area contributed by atoms with Crippen molar-refractivity contribution < 1.29 is 5.11 Å². The number of nitrogens with zero attached hydrogens (tertiary/aromatic N) is 3. The molecule has 2 heterocycles. The van der Waals surface area contributed by atoms with E-state index >= 15 is 0 Å². The van der Waals surface area contributed by atoms with Crippen LogP contribution in [-0.2, 0) is 0 Å². The molecule has 1 unspecified atom stereocenters. The highest BCUT2D eigenvalue weighted by molar-refractivity contribution is 5.52. The summed E-state index contributed by atoms with van der Waals surface area (Å²) < 4.78 is 0. The summed E-state index contributed by atoms with van der Waals surface area (Å²) in [5.41, 5.74) is 1.61. The summed E-state index contributed by atoms with van der Waals surface area (Å²) in [4.78, 5) is 13.2. The standard InChI is InChI=1S/C16H22N4O/c1-11(2)8-13(10-21)19-15-9-12(3)18-16(20-15)14-6-4-5-7-17-14/h4-7,9,11,13,21H,8,10H2,1-3H3,(H,18,19,20). The molecule has 0 amide bonds. The van der Waals surface area contributed by atoms with Gasteiger partial charge in [-0.1, -0.05) is 19.9 Å². The van der Waals surface area contributed by atoms with Gasteiger partial charge in [0.25, 0.3) is 0 Å². The van der Waals surface area contributed by atoms with Gasteiger partial charge in [-0.3, -0.25) is 4.98 Å². The summed E-state index contributed by atoms with van der Waals surface area (Å²) in [5.74, 6) is 1.83. The molecule has 2 aromatic heterocycles. The molecule has 0 saturated heterocycles. The number of aliphatic hydroxyl groups excluding tert-OH is 1. The van der Waals surface area contributed by atoms with Crippen molar-refractivity contribution in [3.05, 3.63) is 36.2 Å². The Hall–Kier alpha value is -2.01. The highest BCUT2D eigenvalue weighted by atomic mass is 16.3. The maximum absolute atomic E-state index is 9.47. The van der Waals surface area contributed by atoms with E-state index in [1.807, 2.05) is 31.2 Å². The van der Waals surface area contributed by atoms with Crippen LogP contribution in [0.1, 0.15) is 26.0 Å². The lowest BCUT2D eigenvalue weighted by Crippen LogP contribution is -2.26. The molecule has 0 spiro atoms. The number of nitrogens with one attached hydrogen (secondary N) is 1. The first-order valence-corrected chi connectivity index (χ1v) is 7.23. The Morgan fingerprint density at radius 2 is 2.05 bits per heavy atom. The van der Waals surface area contributed by atoms with Gasteiger partial charge in [-0.25, -0.2) is 9.97 Å². The van der Waals surface area contributed by atoms with Gasteiger partial charge in [-0.2, -0.15) is 0 Å². The van der Waals surface area contributed by atoms with Crippen LogP contribution in [0.3, 0.4) is 0 Å². The third kappa shape index (κ3) is 4.49. The van der Waals surface area contributed by atoms with Gasteiger partial charge in [0.1, 0.15) is 11.5 Å². The van der Waals surface area contributed by atoms with Crippen LogP contribution in [-0.4, -0.2) is 32.7 Å². The van der Waals surface area contributed by atoms with Gasteiger partial charge in [0.2, 0.25) is 0 Å². The van der Waals surface area contributed by atoms with Gasteiger partial charge in [0.15, 0.2) is 5.82 Å². The minimum atomic E-state index is -0.00381. The van der Waals surface area contributed by atoms with E-state index in [0.29, 0.717) is 11.7 Å². The van der Waals surface area contributed by atoms with Crippen molar-refractivity contribution in [3.63, 3.8) is 0 Å². The highest BCUT2D eigenvalue weighted by Gasteiger charge is 2.12. The number of aryl methyl sites for hydroxylation is 1. The number of hydrogen-bond donors (Lipinski definition) is 2. The molecule has 2 rings (SSSR count). The number of rotatable bonds is 6. The minimum Gasteiger partial charge on any atom is -0.394 e. The molecule has 112 valence electrons. The van der Waals surface area contributed by atoms with Crippen LogP contribution in [0.4, 0.5) is 5.82 Å². The summed E-state index contributed by atoms with van der Waals surface area (Å²) >= 11 is 0. The van der Waals surface area contributed by atoms with Crippen LogP contribution in [0.5, 0.6) is 0 Å². The number of aliphatic hydroxyl groups is 1. The molecular formula is C16H22N4O. The van der Waals surface area contributed by atoms with Crippen molar-refractivity contribution in [3.8, 4) is 11.5 Å². The van der Waals surface area contributed by atoms with Crippen LogP contribution >= 0.6 is 0 Å². The highest BCUT2D eigenvalue weighted by Crippen LogP contribution is 2.17. The Kier molecular flexibility index (Phi) is 5.22. The molecule has 0 aromatic carbocycles. The van der Waals surface area contributed by atoms with E-state index < -0.39 is 0 Å². The average molecular weight is 286 g/mol. The number of pyridine rings is 1. The molecule has 0 radical (unpaired) electrons. The van der Waals surface area contributed by atoms with Gasteiger partial charge in [-0.05, 0) is 31.4 Å². The Labute approximate surface area is 125 Å². The van der Waals surface area contributed by atoms with Crippen molar-refractivity contribution in [2.24, 2.45) is 5.92 Å². The van der Waals surface area contributed by atoms with Crippen molar-refractivity contribution in [2.75, 3.05) is 11.9 Å². The lowest BCUT2D eigenvalue weighted by molar-refractivity contribution is 0.259. The molecule has 21 heavy (non-hydrogen) atoms. The fraction of sp³-hybridized carbons (Fsp3) is 0.438. The topological polar surface area (TPSA) is 70.9 Å². The van der Waals surface area contributed by atoms with E-state index in [0.717, 1.165) is 23.6 Å². The Morgan fingerprint density at radius 1 is 1.24 bits per heavy atom. The van der Waals surface area contributed by atoms with Crippen LogP contribution in [0.15, 0.2) is 30.5 Å². The Bertz CT molecular complexity index is 572. The van der Waals surface area contributed by atoms with E-state index in [-0.39, 0.29) is 12.6 Å². The monoisotopic (exact) mass is 286 g/mol. The lowest BCUT2D eigenvalue weighted by atomic mass is 10.0. The SMILES string of the molecule is Cc1cc(NC(CO)CC(C)C)nc(-c2ccccn2)n1. The largest absolute Gasteiger partial charge is 0.394 e. The lowest BCUT2D eigenvalue weighted by Gasteiger charge is -2.19. The smallest absolute Gasteiger partial charge is 0.180 e. The Balaban J connectivity index is 2.23. The molecule has 2 N–H and O–H groups in total. The summed E-state index contributed by atoms with van der Waals surface area (Å²) in [5, 5.41) is 12.8. The minimum absolute atomic E-state index is 0.00381. The normalized spacial score (nSPS) is 12.4. The van der Waals surface area contributed by atoms with Crippen molar-refractivity contribution in [1.29, 1.82) is 0 Å². The van der Waals surface area contributed by atoms with E-state index in [2.05, 4.69) is 34.1 Å². The predicted molar refractivity (Wildman–Crippen MR) is 84.0 cm³/mol. The van der Waals surface area contributed by atoms with Gasteiger partial charge in [-0.15, -0.1) is 0 Å². The van der Waals surface area contributed by atoms with E-state index in [9.17, 15) is 5.11 Å². The zero-order chi connectivity index (χ0) is 15.2. The summed E-state index contributed by atoms with van der Waals surface area (Å²) in [6.07, 6.45) is 2.61. The van der Waals surface area contributed by atoms with Crippen molar-refractivity contribution >= 4 is 5.82 Å². The van der Waals surface area contributed by atoms with Crippen LogP contribution in [0, 0.1) is 12.8 Å². The first-order chi connectivity index (χ1) is 10.1. The molecular weight excluding hydrogens is 264 g/mol. The third-order valence-electron chi connectivity index (χ3n) is 3.08. The fourth-order valence-corrected chi connectivity index (χ4v) is 2.21. The molecule has 0 bridgehead atoms. The average Bonchev–Trinajstić information content (AvgIpc) is 2.46. The predicted octanol–water partition coefficient (Wildman–Crippen LogP) is 2.67. The molecule has 2 aromatic rings. The van der Waals surface area contributed by atoms with E-state index in [4.69, 9.17) is 0 Å². The molecule has 5 nitrogen and oxygen atoms in total. The maximum atomic E-state index is 9.47. The van der Waals surface area contributed by atoms with Crippen molar-refractivity contribution in [2.45, 2.75) is 33.2 Å². The van der Waals surface area contributed by atoms with E-state index in [1.54, 1.807) is 6.20 Å². The first kappa shape index (κ1) is 15.4. The van der Waals surface area contributed by atoms with Crippen LogP contribution < -0.4 is 5.32 Å². The van der Waals surface area contributed by atoms with Gasteiger partial charge in [0.05, 0.1) is 12.6 Å². The molecule has 0 saturated carbocycles. The maximum Gasteiger partial charge on any atom is 0.180 e. The molecule has 5 heteroatoms. The molecule has 0 fully saturated rings. The second-order valence-electron chi connectivity index (χ2n) is 5.59.